The van der Waals surface area contributed by atoms with Crippen molar-refractivity contribution in [2.75, 3.05) is 0 Å². The molecule has 0 heterocycles. The summed E-state index contributed by atoms with van der Waals surface area (Å²) >= 11 is -6.44. The molecule has 0 radical (unpaired) electrons. The second kappa shape index (κ2) is 10.8. The summed E-state index contributed by atoms with van der Waals surface area (Å²) in [6.07, 6.45) is 0. The molecule has 0 aromatic heterocycles. The molecule has 0 unspecified atom stereocenters. The normalized spacial score (nSPS) is 11.7. The Kier molecular flexibility index (Phi) is 8.92. The van der Waals surface area contributed by atoms with Crippen LogP contribution in [0.5, 0.6) is 0 Å². The first kappa shape index (κ1) is 25.6. The van der Waals surface area contributed by atoms with Crippen molar-refractivity contribution in [2.45, 2.75) is 35.5 Å². The second-order valence-electron chi connectivity index (χ2n) is 6.58. The van der Waals surface area contributed by atoms with E-state index in [2.05, 4.69) is 96.7 Å². The first-order chi connectivity index (χ1) is 14.4. The molecule has 0 aliphatic rings. The van der Waals surface area contributed by atoms with Gasteiger partial charge in [-0.2, -0.15) is 0 Å². The molecule has 0 aliphatic carbocycles. The van der Waals surface area contributed by atoms with E-state index in [0.29, 0.717) is 0 Å². The van der Waals surface area contributed by atoms with Gasteiger partial charge in [0.25, 0.3) is 0 Å². The van der Waals surface area contributed by atoms with Gasteiger partial charge in [0, 0.05) is 16.7 Å². The Balaban J connectivity index is 0.000000323. The van der Waals surface area contributed by atoms with Crippen molar-refractivity contribution in [3.8, 4) is 0 Å². The maximum absolute atomic E-state index is 9.57. The summed E-state index contributed by atoms with van der Waals surface area (Å²) in [5, 5.41) is 0. The van der Waals surface area contributed by atoms with Gasteiger partial charge in [-0.3, -0.25) is 0 Å². The van der Waals surface area contributed by atoms with Gasteiger partial charge < -0.3 is 0 Å². The third kappa shape index (κ3) is 8.09. The standard InChI is InChI=1S/C21H21S.H3O4P.3O.W/c1-16-10-4-7-13-19(16)22(20-14-8-5-11-17(20)2)21-15-9-6-12-18(21)3;1-5(2,3)4;;;;/h4-15H,1-3H3;(H3,1,2,3,4);;;;/q+1;;;;-1;+1/p-1. The monoisotopic (exact) mass is 634 g/mol. The predicted octanol–water partition coefficient (Wildman–Crippen LogP) is 3.84. The van der Waals surface area contributed by atoms with Crippen molar-refractivity contribution in [3.05, 3.63) is 89.5 Å². The summed E-state index contributed by atoms with van der Waals surface area (Å²) in [4.78, 5) is 19.7. The molecule has 0 fully saturated rings. The van der Waals surface area contributed by atoms with Crippen LogP contribution < -0.4 is 3.76 Å². The Morgan fingerprint density at radius 3 is 1.23 bits per heavy atom. The Labute approximate surface area is 188 Å². The molecule has 0 spiro atoms. The van der Waals surface area contributed by atoms with Crippen LogP contribution in [0.15, 0.2) is 87.5 Å². The summed E-state index contributed by atoms with van der Waals surface area (Å²) in [6.45, 7) is 6.64. The molecule has 3 aromatic carbocycles. The quantitative estimate of drug-likeness (QED) is 0.323. The molecule has 166 valence electrons. The van der Waals surface area contributed by atoms with Crippen LogP contribution in [0, 0.1) is 20.8 Å². The fourth-order valence-corrected chi connectivity index (χ4v) is 8.16. The SMILES string of the molecule is Cc1ccccc1[S+](c1ccccc1C)c1ccccc1C.O=P(O)(O)[O][W](=[O])(=[O])[O-]. The van der Waals surface area contributed by atoms with E-state index < -0.39 is 24.6 Å². The minimum absolute atomic E-state index is 0.0494. The average molecular weight is 634 g/mol. The van der Waals surface area contributed by atoms with Crippen LogP contribution in [0.3, 0.4) is 0 Å². The topological polar surface area (TPSA) is 124 Å². The first-order valence-electron chi connectivity index (χ1n) is 9.03. The molecule has 7 nitrogen and oxygen atoms in total. The van der Waals surface area contributed by atoms with Crippen molar-refractivity contribution < 1.29 is 44.8 Å². The summed E-state index contributed by atoms with van der Waals surface area (Å²) in [5.74, 6) is 0. The van der Waals surface area contributed by atoms with Crippen LogP contribution in [0.4, 0.5) is 0 Å². The van der Waals surface area contributed by atoms with Gasteiger partial charge in [0.1, 0.15) is 10.9 Å². The molecule has 0 saturated carbocycles. The molecule has 0 atom stereocenters. The van der Waals surface area contributed by atoms with Gasteiger partial charge in [-0.1, -0.05) is 54.6 Å². The molecular formula is C21H23O7PSW. The third-order valence-corrected chi connectivity index (χ3v) is 11.3. The predicted molar refractivity (Wildman–Crippen MR) is 110 cm³/mol. The van der Waals surface area contributed by atoms with E-state index in [1.54, 1.807) is 0 Å². The molecule has 0 saturated heterocycles. The van der Waals surface area contributed by atoms with Crippen molar-refractivity contribution in [3.63, 3.8) is 0 Å². The van der Waals surface area contributed by atoms with Crippen molar-refractivity contribution >= 4 is 18.7 Å². The van der Waals surface area contributed by atoms with Crippen molar-refractivity contribution in [1.29, 1.82) is 0 Å². The molecule has 0 aliphatic heterocycles. The van der Waals surface area contributed by atoms with Crippen LogP contribution in [0.25, 0.3) is 0 Å². The van der Waals surface area contributed by atoms with E-state index in [4.69, 9.17) is 9.79 Å². The van der Waals surface area contributed by atoms with E-state index in [1.165, 1.54) is 31.4 Å². The van der Waals surface area contributed by atoms with E-state index in [9.17, 15) is 15.1 Å². The number of hydrogen-bond donors (Lipinski definition) is 2. The summed E-state index contributed by atoms with van der Waals surface area (Å²) in [6, 6.07) is 26.3. The molecule has 3 rings (SSSR count). The van der Waals surface area contributed by atoms with Crippen molar-refractivity contribution in [1.82, 2.24) is 0 Å². The second-order valence-corrected chi connectivity index (χ2v) is 14.2. The number of phosphoric acid groups is 1. The molecule has 0 amide bonds. The third-order valence-electron chi connectivity index (χ3n) is 4.13. The van der Waals surface area contributed by atoms with E-state index >= 15 is 0 Å². The van der Waals surface area contributed by atoms with Gasteiger partial charge in [-0.25, -0.2) is 0 Å². The zero-order valence-electron chi connectivity index (χ0n) is 17.1. The van der Waals surface area contributed by atoms with Gasteiger partial charge in [0.05, 0.1) is 0 Å². The van der Waals surface area contributed by atoms with Crippen LogP contribution in [0.1, 0.15) is 16.7 Å². The fraction of sp³-hybridized carbons (Fsp3) is 0.143. The molecule has 10 heteroatoms. The van der Waals surface area contributed by atoms with Crippen LogP contribution in [-0.4, -0.2) is 9.79 Å². The number of rotatable bonds is 5. The average Bonchev–Trinajstić information content (AvgIpc) is 2.64. The molecule has 3 aromatic rings. The first-order valence-corrected chi connectivity index (χ1v) is 16.6. The molecular weight excluding hydrogens is 611 g/mol. The van der Waals surface area contributed by atoms with E-state index in [0.717, 1.165) is 0 Å². The zero-order valence-corrected chi connectivity index (χ0v) is 21.8. The Bertz CT molecular complexity index is 1080. The van der Waals surface area contributed by atoms with Gasteiger partial charge >= 0.3 is 52.7 Å². The fourth-order valence-electron chi connectivity index (χ4n) is 2.83. The van der Waals surface area contributed by atoms with Crippen molar-refractivity contribution in [2.24, 2.45) is 0 Å². The maximum atomic E-state index is 9.57. The number of hydrogen-bond acceptors (Lipinski definition) is 5. The van der Waals surface area contributed by atoms with Crippen LogP contribution in [0.2, 0.25) is 0 Å². The van der Waals surface area contributed by atoms with Gasteiger partial charge in [-0.05, 0) is 39.0 Å². The minimum atomic E-state index is -6.44. The van der Waals surface area contributed by atoms with Crippen LogP contribution in [-0.2, 0) is 42.2 Å². The summed E-state index contributed by atoms with van der Waals surface area (Å²) in [7, 11) is -5.18. The van der Waals surface area contributed by atoms with Gasteiger partial charge in [0.15, 0.2) is 14.7 Å². The van der Waals surface area contributed by atoms with E-state index in [-0.39, 0.29) is 10.9 Å². The number of benzene rings is 3. The molecule has 31 heavy (non-hydrogen) atoms. The summed E-state index contributed by atoms with van der Waals surface area (Å²) < 4.78 is 40.9. The van der Waals surface area contributed by atoms with Gasteiger partial charge in [-0.15, -0.1) is 0 Å². The van der Waals surface area contributed by atoms with E-state index in [1.807, 2.05) is 0 Å². The number of aryl methyl sites for hydroxylation is 3. The van der Waals surface area contributed by atoms with Crippen LogP contribution >= 0.6 is 7.82 Å². The Morgan fingerprint density at radius 2 is 1.03 bits per heavy atom. The molecule has 2 N–H and O–H groups in total. The Morgan fingerprint density at radius 1 is 0.742 bits per heavy atom. The zero-order chi connectivity index (χ0) is 23.2. The Hall–Kier alpha value is -1.63. The molecule has 0 bridgehead atoms. The van der Waals surface area contributed by atoms with Gasteiger partial charge in [0.2, 0.25) is 0 Å². The summed E-state index contributed by atoms with van der Waals surface area (Å²) in [5.41, 5.74) is 4.08.